The van der Waals surface area contributed by atoms with Crippen LogP contribution in [0.5, 0.6) is 23.0 Å². The van der Waals surface area contributed by atoms with E-state index in [9.17, 15) is 0 Å². The maximum absolute atomic E-state index is 6.49. The Morgan fingerprint density at radius 1 is 0.227 bits per heavy atom. The predicted octanol–water partition coefficient (Wildman–Crippen LogP) is 29.9. The van der Waals surface area contributed by atoms with Gasteiger partial charge < -0.3 is 28.7 Å². The van der Waals surface area contributed by atoms with Gasteiger partial charge in [-0.3, -0.25) is 0 Å². The van der Waals surface area contributed by atoms with E-state index in [0.717, 1.165) is 95.6 Å². The highest BCUT2D eigenvalue weighted by molar-refractivity contribution is 6.16. The monoisotopic (exact) mass is 1470 g/mol. The van der Waals surface area contributed by atoms with Gasteiger partial charge in [0.1, 0.15) is 23.0 Å². The van der Waals surface area contributed by atoms with Gasteiger partial charge >= 0.3 is 0 Å². The minimum Gasteiger partial charge on any atom is -0.494 e. The van der Waals surface area contributed by atoms with E-state index in [4.69, 9.17) is 18.9 Å². The molecule has 0 N–H and O–H groups in total. The Balaban J connectivity index is 1.10. The largest absolute Gasteiger partial charge is 0.494 e. The maximum Gasteiger partial charge on any atom is 0.119 e. The van der Waals surface area contributed by atoms with Crippen LogP contribution in [-0.2, 0) is 23.7 Å². The molecule has 0 bridgehead atoms. The normalized spacial score (nSPS) is 13.1. The van der Waals surface area contributed by atoms with Crippen molar-refractivity contribution in [2.24, 2.45) is 0 Å². The van der Waals surface area contributed by atoms with E-state index < -0.39 is 10.8 Å². The molecular weight excluding hydrogens is 1340 g/mol. The van der Waals surface area contributed by atoms with Crippen molar-refractivity contribution in [3.63, 3.8) is 0 Å². The fourth-order valence-electron chi connectivity index (χ4n) is 17.2. The van der Waals surface area contributed by atoms with E-state index in [1.165, 1.54) is 221 Å². The van der Waals surface area contributed by atoms with Crippen molar-refractivity contribution in [2.75, 3.05) is 36.2 Å². The number of nitrogens with zero attached hydrogens (tertiary/aromatic N) is 2. The first-order valence-electron chi connectivity index (χ1n) is 43.2. The molecule has 576 valence electrons. The summed E-state index contributed by atoms with van der Waals surface area (Å²) < 4.78 is 25.9. The van der Waals surface area contributed by atoms with Crippen LogP contribution in [0, 0.1) is 0 Å². The molecule has 0 unspecified atom stereocenters. The average Bonchev–Trinajstić information content (AvgIpc) is 1.48. The van der Waals surface area contributed by atoms with Crippen molar-refractivity contribution < 1.29 is 18.9 Å². The van der Waals surface area contributed by atoms with Gasteiger partial charge in [0.05, 0.1) is 37.3 Å². The van der Waals surface area contributed by atoms with Crippen molar-refractivity contribution in [3.8, 4) is 23.0 Å². The lowest BCUT2D eigenvalue weighted by molar-refractivity contribution is 0.305. The quantitative estimate of drug-likeness (QED) is 0.0354. The highest BCUT2D eigenvalue weighted by atomic mass is 16.5. The lowest BCUT2D eigenvalue weighted by atomic mass is 9.64. The molecular formula is C104H126N2O4. The van der Waals surface area contributed by atoms with Crippen LogP contribution in [0.2, 0.25) is 0 Å². The van der Waals surface area contributed by atoms with Crippen LogP contribution in [0.4, 0.5) is 34.1 Å². The Hall–Kier alpha value is -9.26. The van der Waals surface area contributed by atoms with E-state index in [2.05, 4.69) is 294 Å². The lowest BCUT2D eigenvalue weighted by Gasteiger charge is -2.39. The molecule has 0 heterocycles. The molecule has 110 heavy (non-hydrogen) atoms. The molecule has 0 amide bonds. The number of ether oxygens (including phenoxy) is 4. The fraction of sp³-hybridized carbons (Fsp3) is 0.404. The third kappa shape index (κ3) is 19.4. The molecule has 0 aliphatic heterocycles. The average molecular weight is 1470 g/mol. The molecule has 0 radical (unpaired) electrons. The molecule has 0 fully saturated rings. The van der Waals surface area contributed by atoms with Gasteiger partial charge in [0.25, 0.3) is 0 Å². The fourth-order valence-corrected chi connectivity index (χ4v) is 17.2. The first-order chi connectivity index (χ1) is 54.4. The van der Waals surface area contributed by atoms with Crippen LogP contribution in [0.3, 0.4) is 0 Å². The zero-order valence-electron chi connectivity index (χ0n) is 67.7. The minimum atomic E-state index is -0.839. The molecule has 6 heteroatoms. The predicted molar refractivity (Wildman–Crippen MR) is 467 cm³/mol. The molecule has 6 nitrogen and oxygen atoms in total. The molecule has 12 rings (SSSR count). The smallest absolute Gasteiger partial charge is 0.119 e. The number of aryl methyl sites for hydroxylation is 2. The van der Waals surface area contributed by atoms with Crippen molar-refractivity contribution in [1.82, 2.24) is 0 Å². The molecule has 0 saturated carbocycles. The Kier molecular flexibility index (Phi) is 30.4. The van der Waals surface area contributed by atoms with Crippen LogP contribution in [-0.4, -0.2) is 26.4 Å². The van der Waals surface area contributed by atoms with Crippen molar-refractivity contribution >= 4 is 45.3 Å². The SMILES string of the molecule is CCCCCCCCc1ccc(C2(c3ccc(CCCCCCCC)cc3)C3=C(c4ccc(N(c5ccc(OCCCCCC)cc5)c5ccc(OCCCCCC)cc5)cc42)C(c2ccccc2)(c2ccccc2)c2cc(N(c4ccc(OCCCCCC)cc4)c4ccc(OCCCCCC)cc4)ccc23)cc1. The number of anilines is 6. The summed E-state index contributed by atoms with van der Waals surface area (Å²) in [6.07, 6.45) is 35.8. The number of hydrogen-bond acceptors (Lipinski definition) is 6. The number of allylic oxidation sites excluding steroid dienone is 2. The van der Waals surface area contributed by atoms with E-state index in [1.54, 1.807) is 0 Å². The van der Waals surface area contributed by atoms with Crippen LogP contribution in [0.15, 0.2) is 243 Å². The summed E-state index contributed by atoms with van der Waals surface area (Å²) in [6.45, 7) is 16.5. The van der Waals surface area contributed by atoms with Crippen LogP contribution in [0.25, 0.3) is 11.1 Å². The van der Waals surface area contributed by atoms with Gasteiger partial charge in [0.2, 0.25) is 0 Å². The van der Waals surface area contributed by atoms with Crippen LogP contribution < -0.4 is 28.7 Å². The minimum absolute atomic E-state index is 0.704. The highest BCUT2D eigenvalue weighted by Gasteiger charge is 2.60. The maximum atomic E-state index is 6.49. The number of rotatable bonds is 48. The summed E-state index contributed by atoms with van der Waals surface area (Å²) in [5.41, 5.74) is 20.1. The summed E-state index contributed by atoms with van der Waals surface area (Å²) in [4.78, 5) is 4.92. The van der Waals surface area contributed by atoms with Crippen LogP contribution in [0.1, 0.15) is 277 Å². The Morgan fingerprint density at radius 2 is 0.473 bits per heavy atom. The van der Waals surface area contributed by atoms with Gasteiger partial charge in [0.15, 0.2) is 0 Å². The van der Waals surface area contributed by atoms with Gasteiger partial charge in [-0.25, -0.2) is 0 Å². The molecule has 0 spiro atoms. The number of fused-ring (bicyclic) bond motifs is 4. The summed E-state index contributed by atoms with van der Waals surface area (Å²) in [5.74, 6) is 3.55. The van der Waals surface area contributed by atoms with Crippen molar-refractivity contribution in [1.29, 1.82) is 0 Å². The standard InChI is InChI=1S/C104H126N2O4/c1-7-13-19-25-27-31-41-81-47-51-85(52-48-81)104(86-53-49-82(50-54-86)42-32-28-26-20-14-8-2)100-80-92(106(89-59-69-95(70-60-89)109-77-39-23-17-11-5)90-61-71-96(72-62-90)110-78-40-24-18-12-6)64-74-98(100)101-102(104)97-73-63-91(79-99(97)103(101,83-43-33-29-34-44-83)84-45-35-30-36-46-84)105(87-55-65-93(66-56-87)107-75-37-21-15-9-3)88-57-67-94(68-58-88)108-76-38-22-16-10-4/h29-30,33-36,43-74,79-80H,7-28,31-32,37-42,75-78H2,1-6H3. The zero-order chi connectivity index (χ0) is 76.0. The second kappa shape index (κ2) is 41.7. The second-order valence-corrected chi connectivity index (χ2v) is 31.2. The summed E-state index contributed by atoms with van der Waals surface area (Å²) in [6, 6.07) is 93.4. The zero-order valence-corrected chi connectivity index (χ0v) is 67.7. The Bertz CT molecular complexity index is 4160. The number of benzene rings is 10. The Morgan fingerprint density at radius 3 is 0.755 bits per heavy atom. The topological polar surface area (TPSA) is 43.4 Å². The van der Waals surface area contributed by atoms with Gasteiger partial charge in [0, 0.05) is 34.1 Å². The summed E-state index contributed by atoms with van der Waals surface area (Å²) >= 11 is 0. The van der Waals surface area contributed by atoms with Gasteiger partial charge in [-0.2, -0.15) is 0 Å². The lowest BCUT2D eigenvalue weighted by Crippen LogP contribution is -2.31. The molecule has 10 aromatic rings. The highest BCUT2D eigenvalue weighted by Crippen LogP contribution is 2.70. The molecule has 10 aromatic carbocycles. The molecule has 0 aromatic heterocycles. The molecule has 0 atom stereocenters. The van der Waals surface area contributed by atoms with Gasteiger partial charge in [-0.1, -0.05) is 304 Å². The first kappa shape index (κ1) is 80.3. The van der Waals surface area contributed by atoms with Crippen molar-refractivity contribution in [2.45, 2.75) is 245 Å². The summed E-state index contributed by atoms with van der Waals surface area (Å²) in [5, 5.41) is 0. The Labute approximate surface area is 662 Å². The molecule has 0 saturated heterocycles. The third-order valence-electron chi connectivity index (χ3n) is 23.1. The van der Waals surface area contributed by atoms with Crippen LogP contribution >= 0.6 is 0 Å². The molecule has 2 aliphatic carbocycles. The van der Waals surface area contributed by atoms with Gasteiger partial charge in [-0.15, -0.1) is 0 Å². The van der Waals surface area contributed by atoms with E-state index in [0.29, 0.717) is 26.4 Å². The summed E-state index contributed by atoms with van der Waals surface area (Å²) in [7, 11) is 0. The number of hydrogen-bond donors (Lipinski definition) is 0. The number of unbranched alkanes of at least 4 members (excludes halogenated alkanes) is 22. The van der Waals surface area contributed by atoms with E-state index in [-0.39, 0.29) is 0 Å². The molecule has 2 aliphatic rings. The van der Waals surface area contributed by atoms with E-state index >= 15 is 0 Å². The van der Waals surface area contributed by atoms with Crippen molar-refractivity contribution in [3.05, 3.63) is 298 Å². The second-order valence-electron chi connectivity index (χ2n) is 31.2. The van der Waals surface area contributed by atoms with Gasteiger partial charge in [-0.05, 0) is 239 Å². The third-order valence-corrected chi connectivity index (χ3v) is 23.1. The first-order valence-corrected chi connectivity index (χ1v) is 43.2. The van der Waals surface area contributed by atoms with E-state index in [1.807, 2.05) is 0 Å².